The zero-order valence-electron chi connectivity index (χ0n) is 19.6. The van der Waals surface area contributed by atoms with Crippen molar-refractivity contribution in [2.45, 2.75) is 58.1 Å². The van der Waals surface area contributed by atoms with E-state index in [1.165, 1.54) is 19.6 Å². The molecule has 0 aliphatic heterocycles. The van der Waals surface area contributed by atoms with Gasteiger partial charge in [0.15, 0.2) is 0 Å². The van der Waals surface area contributed by atoms with Crippen LogP contribution in [0.2, 0.25) is 0 Å². The van der Waals surface area contributed by atoms with Gasteiger partial charge >= 0.3 is 12.4 Å². The zero-order chi connectivity index (χ0) is 26.7. The molecule has 4 nitrogen and oxygen atoms in total. The molecule has 1 aromatic carbocycles. The number of primary amides is 1. The molecular weight excluding hydrogens is 462 g/mol. The van der Waals surface area contributed by atoms with Crippen LogP contribution in [0.3, 0.4) is 0 Å². The fraction of sp³-hybridized carbons (Fsp3) is 0.417. The number of halogens is 6. The molecular formula is C24H30F6N2O2. The number of alkyl halides is 6. The first kappa shape index (κ1) is 31.2. The van der Waals surface area contributed by atoms with Crippen LogP contribution in [0, 0.1) is 0 Å². The summed E-state index contributed by atoms with van der Waals surface area (Å²) in [4.78, 5) is 10.3. The van der Waals surface area contributed by atoms with E-state index in [1.807, 2.05) is 31.2 Å². The standard InChI is InChI=1S/C11H10F6O.C8H8.C5H12N2O/c1-6(18-2)7-3-8(10(12,13)14)5-9(4-7)11(15,16)17;1-8-6-4-2-3-5-7-8;1-3-5(2,7)4(6)8/h3-6H,1-2H3;2-4,6-7H,1H3;3,7H2,1-2H3,(H2,6,8)/t6-;;/m1../s1. The number of nitrogens with two attached hydrogens (primary N) is 2. The van der Waals surface area contributed by atoms with E-state index in [2.05, 4.69) is 18.7 Å². The molecule has 0 heterocycles. The number of hydrogen-bond acceptors (Lipinski definition) is 3. The van der Waals surface area contributed by atoms with Gasteiger partial charge < -0.3 is 16.2 Å². The molecule has 1 unspecified atom stereocenters. The van der Waals surface area contributed by atoms with Gasteiger partial charge in [-0.25, -0.2) is 0 Å². The van der Waals surface area contributed by atoms with Gasteiger partial charge in [-0.3, -0.25) is 4.79 Å². The Balaban J connectivity index is 0.000000562. The van der Waals surface area contributed by atoms with Crippen LogP contribution in [-0.4, -0.2) is 18.6 Å². The molecule has 0 saturated heterocycles. The van der Waals surface area contributed by atoms with E-state index in [0.717, 1.165) is 0 Å². The number of rotatable bonds is 4. The summed E-state index contributed by atoms with van der Waals surface area (Å²) in [7, 11) is 1.21. The molecule has 0 saturated carbocycles. The molecule has 0 radical (unpaired) electrons. The molecule has 0 bridgehead atoms. The summed E-state index contributed by atoms with van der Waals surface area (Å²) in [5, 5.41) is 0. The Morgan fingerprint density at radius 3 is 1.91 bits per heavy atom. The lowest BCUT2D eigenvalue weighted by molar-refractivity contribution is -0.143. The van der Waals surface area contributed by atoms with Crippen LogP contribution in [0.25, 0.3) is 0 Å². The van der Waals surface area contributed by atoms with Crippen LogP contribution in [0.5, 0.6) is 0 Å². The van der Waals surface area contributed by atoms with Gasteiger partial charge in [0, 0.05) is 7.11 Å². The van der Waals surface area contributed by atoms with Crippen molar-refractivity contribution >= 4 is 5.91 Å². The predicted molar refractivity (Wildman–Crippen MR) is 119 cm³/mol. The van der Waals surface area contributed by atoms with E-state index in [4.69, 9.17) is 16.2 Å². The molecule has 1 aliphatic rings. The van der Waals surface area contributed by atoms with Crippen molar-refractivity contribution in [1.82, 2.24) is 0 Å². The average Bonchev–Trinajstić information content (AvgIpc) is 2.99. The Morgan fingerprint density at radius 1 is 1.06 bits per heavy atom. The smallest absolute Gasteiger partial charge is 0.377 e. The Kier molecular flexibility index (Phi) is 12.1. The molecule has 0 aromatic heterocycles. The molecule has 0 fully saturated rings. The van der Waals surface area contributed by atoms with Gasteiger partial charge in [-0.2, -0.15) is 26.3 Å². The number of benzene rings is 1. The summed E-state index contributed by atoms with van der Waals surface area (Å²) in [5.74, 6) is -0.444. The van der Waals surface area contributed by atoms with Crippen LogP contribution in [0.15, 0.2) is 59.9 Å². The van der Waals surface area contributed by atoms with Gasteiger partial charge in [-0.1, -0.05) is 25.2 Å². The molecule has 1 aliphatic carbocycles. The third kappa shape index (κ3) is 11.4. The fourth-order valence-electron chi connectivity index (χ4n) is 2.07. The number of ether oxygens (including phenoxy) is 1. The van der Waals surface area contributed by atoms with Crippen LogP contribution in [-0.2, 0) is 21.9 Å². The molecule has 2 atom stereocenters. The van der Waals surface area contributed by atoms with Crippen molar-refractivity contribution in [3.63, 3.8) is 0 Å². The minimum absolute atomic E-state index is 0.0892. The first-order valence-electron chi connectivity index (χ1n) is 10.1. The number of carbonyl (C=O) groups is 1. The Labute approximate surface area is 195 Å². The van der Waals surface area contributed by atoms with Crippen LogP contribution < -0.4 is 11.5 Å². The lowest BCUT2D eigenvalue weighted by Crippen LogP contribution is -2.48. The van der Waals surface area contributed by atoms with Gasteiger partial charge in [0.25, 0.3) is 0 Å². The van der Waals surface area contributed by atoms with Crippen LogP contribution in [0.4, 0.5) is 26.3 Å². The second-order valence-corrected chi connectivity index (χ2v) is 7.63. The van der Waals surface area contributed by atoms with E-state index in [1.54, 1.807) is 6.92 Å². The summed E-state index contributed by atoms with van der Waals surface area (Å²) < 4.78 is 79.7. The molecule has 34 heavy (non-hydrogen) atoms. The lowest BCUT2D eigenvalue weighted by atomic mass is 10.0. The predicted octanol–water partition coefficient (Wildman–Crippen LogP) is 6.24. The molecule has 1 aromatic rings. The second kappa shape index (κ2) is 13.2. The highest BCUT2D eigenvalue weighted by Gasteiger charge is 2.37. The zero-order valence-corrected chi connectivity index (χ0v) is 19.6. The molecule has 0 spiro atoms. The fourth-order valence-corrected chi connectivity index (χ4v) is 2.07. The minimum atomic E-state index is -4.83. The minimum Gasteiger partial charge on any atom is -0.377 e. The van der Waals surface area contributed by atoms with E-state index in [-0.39, 0.29) is 11.6 Å². The molecule has 1 amide bonds. The third-order valence-corrected chi connectivity index (χ3v) is 4.70. The number of hydrogen-bond donors (Lipinski definition) is 2. The van der Waals surface area contributed by atoms with E-state index in [9.17, 15) is 31.1 Å². The maximum Gasteiger partial charge on any atom is 0.416 e. The SMILES string of the molecule is CC1=CC=CC=C=C1.CCC(C)(N)C(N)=O.CO[C@H](C)c1cc(C(F)(F)F)cc(C(F)(F)F)c1. The van der Waals surface area contributed by atoms with Crippen molar-refractivity contribution in [2.75, 3.05) is 7.11 Å². The topological polar surface area (TPSA) is 78.3 Å². The second-order valence-electron chi connectivity index (χ2n) is 7.63. The molecule has 2 rings (SSSR count). The number of amides is 1. The van der Waals surface area contributed by atoms with Gasteiger partial charge in [0.05, 0.1) is 22.8 Å². The first-order valence-corrected chi connectivity index (χ1v) is 10.1. The first-order chi connectivity index (χ1) is 15.5. The van der Waals surface area contributed by atoms with Crippen molar-refractivity contribution in [1.29, 1.82) is 0 Å². The third-order valence-electron chi connectivity index (χ3n) is 4.70. The highest BCUT2D eigenvalue weighted by atomic mass is 19.4. The van der Waals surface area contributed by atoms with E-state index >= 15 is 0 Å². The number of allylic oxidation sites excluding steroid dienone is 5. The monoisotopic (exact) mass is 492 g/mol. The average molecular weight is 493 g/mol. The Morgan fingerprint density at radius 2 is 1.56 bits per heavy atom. The summed E-state index contributed by atoms with van der Waals surface area (Å²) >= 11 is 0. The van der Waals surface area contributed by atoms with Crippen LogP contribution in [0.1, 0.15) is 56.9 Å². The highest BCUT2D eigenvalue weighted by Crippen LogP contribution is 2.37. The molecule has 4 N–H and O–H groups in total. The van der Waals surface area contributed by atoms with Crippen LogP contribution >= 0.6 is 0 Å². The van der Waals surface area contributed by atoms with Gasteiger partial charge in [0.1, 0.15) is 0 Å². The summed E-state index contributed by atoms with van der Waals surface area (Å²) in [5.41, 5.74) is 10.9. The normalized spacial score (nSPS) is 15.6. The van der Waals surface area contributed by atoms with E-state index < -0.39 is 41.0 Å². The van der Waals surface area contributed by atoms with Crippen molar-refractivity contribution in [3.8, 4) is 0 Å². The largest absolute Gasteiger partial charge is 0.416 e. The van der Waals surface area contributed by atoms with E-state index in [0.29, 0.717) is 18.6 Å². The molecule has 10 heteroatoms. The summed E-state index contributed by atoms with van der Waals surface area (Å²) in [6.45, 7) is 6.87. The number of methoxy groups -OCH3 is 1. The lowest BCUT2D eigenvalue weighted by Gasteiger charge is -2.17. The quantitative estimate of drug-likeness (QED) is 0.386. The Bertz CT molecular complexity index is 906. The van der Waals surface area contributed by atoms with Gasteiger partial charge in [0.2, 0.25) is 5.91 Å². The summed E-state index contributed by atoms with van der Waals surface area (Å²) in [6, 6.07) is 1.40. The number of carbonyl (C=O) groups excluding carboxylic acids is 1. The van der Waals surface area contributed by atoms with Gasteiger partial charge in [-0.05, 0) is 68.7 Å². The van der Waals surface area contributed by atoms with Gasteiger partial charge in [-0.15, -0.1) is 5.73 Å². The maximum atomic E-state index is 12.5. The van der Waals surface area contributed by atoms with Crippen molar-refractivity contribution in [3.05, 3.63) is 76.6 Å². The highest BCUT2D eigenvalue weighted by molar-refractivity contribution is 5.83. The maximum absolute atomic E-state index is 12.5. The molecule has 190 valence electrons. The van der Waals surface area contributed by atoms with Crippen molar-refractivity contribution < 1.29 is 35.9 Å². The summed E-state index contributed by atoms with van der Waals surface area (Å²) in [6.07, 6.45) is -0.0501. The van der Waals surface area contributed by atoms with Crippen molar-refractivity contribution in [2.24, 2.45) is 11.5 Å². The Hall–Kier alpha value is -2.81.